The molecule has 0 aliphatic heterocycles. The topological polar surface area (TPSA) is 17.8 Å². The molecule has 0 amide bonds. The first-order valence-electron chi connectivity index (χ1n) is 4.83. The lowest BCUT2D eigenvalue weighted by Gasteiger charge is -2.03. The summed E-state index contributed by atoms with van der Waals surface area (Å²) in [5.41, 5.74) is 2.22. The van der Waals surface area contributed by atoms with Gasteiger partial charge in [-0.25, -0.2) is 0 Å². The predicted octanol–water partition coefficient (Wildman–Crippen LogP) is 2.83. The fraction of sp³-hybridized carbons (Fsp3) is 0. The molecule has 0 aliphatic carbocycles. The maximum Gasteiger partial charge on any atom is 0.0639 e. The molecule has 0 fully saturated rings. The van der Waals surface area contributed by atoms with Crippen molar-refractivity contribution in [3.05, 3.63) is 61.1 Å². The van der Waals surface area contributed by atoms with Gasteiger partial charge in [0.2, 0.25) is 0 Å². The van der Waals surface area contributed by atoms with Crippen LogP contribution in [0.5, 0.6) is 0 Å². The van der Waals surface area contributed by atoms with Crippen molar-refractivity contribution in [2.24, 2.45) is 0 Å². The van der Waals surface area contributed by atoms with Crippen molar-refractivity contribution in [1.29, 1.82) is 0 Å². The zero-order chi connectivity index (χ0) is 10.1. The minimum absolute atomic E-state index is 1.06. The van der Waals surface area contributed by atoms with Crippen molar-refractivity contribution in [1.82, 2.24) is 9.55 Å². The Morgan fingerprint density at radius 1 is 1.07 bits per heavy atom. The van der Waals surface area contributed by atoms with E-state index < -0.39 is 0 Å². The Kier molecular flexibility index (Phi) is 1.78. The van der Waals surface area contributed by atoms with Crippen LogP contribution in [0, 0.1) is 6.07 Å². The van der Waals surface area contributed by atoms with E-state index in [-0.39, 0.29) is 0 Å². The van der Waals surface area contributed by atoms with E-state index in [9.17, 15) is 0 Å². The highest BCUT2D eigenvalue weighted by Crippen LogP contribution is 2.18. The molecule has 15 heavy (non-hydrogen) atoms. The molecule has 0 spiro atoms. The summed E-state index contributed by atoms with van der Waals surface area (Å²) >= 11 is 0. The SMILES string of the molecule is [c]1cn(-c2cccnc2)c2ccccc12. The Morgan fingerprint density at radius 2 is 2.00 bits per heavy atom. The molecule has 0 unspecified atom stereocenters. The minimum atomic E-state index is 1.06. The van der Waals surface area contributed by atoms with E-state index in [0.717, 1.165) is 16.6 Å². The zero-order valence-corrected chi connectivity index (χ0v) is 8.09. The van der Waals surface area contributed by atoms with Gasteiger partial charge in [0.25, 0.3) is 0 Å². The van der Waals surface area contributed by atoms with Crippen LogP contribution in [-0.4, -0.2) is 9.55 Å². The van der Waals surface area contributed by atoms with Gasteiger partial charge in [-0.15, -0.1) is 0 Å². The summed E-state index contributed by atoms with van der Waals surface area (Å²) < 4.78 is 2.09. The molecule has 0 atom stereocenters. The number of nitrogens with zero attached hydrogens (tertiary/aromatic N) is 2. The molecule has 2 aromatic heterocycles. The number of rotatable bonds is 1. The fourth-order valence-corrected chi connectivity index (χ4v) is 1.72. The van der Waals surface area contributed by atoms with Crippen molar-refractivity contribution < 1.29 is 0 Å². The minimum Gasteiger partial charge on any atom is -0.314 e. The number of benzene rings is 1. The van der Waals surface area contributed by atoms with Crippen molar-refractivity contribution >= 4 is 10.9 Å². The first kappa shape index (κ1) is 8.24. The second-order valence-corrected chi connectivity index (χ2v) is 3.37. The highest BCUT2D eigenvalue weighted by molar-refractivity contribution is 5.81. The van der Waals surface area contributed by atoms with Crippen molar-refractivity contribution in [3.63, 3.8) is 0 Å². The van der Waals surface area contributed by atoms with Crippen molar-refractivity contribution in [2.45, 2.75) is 0 Å². The van der Waals surface area contributed by atoms with Gasteiger partial charge >= 0.3 is 0 Å². The Morgan fingerprint density at radius 3 is 2.87 bits per heavy atom. The summed E-state index contributed by atoms with van der Waals surface area (Å²) in [5.74, 6) is 0. The lowest BCUT2D eigenvalue weighted by molar-refractivity contribution is 1.10. The van der Waals surface area contributed by atoms with Crippen LogP contribution < -0.4 is 0 Å². The largest absolute Gasteiger partial charge is 0.314 e. The summed E-state index contributed by atoms with van der Waals surface area (Å²) in [6.07, 6.45) is 5.57. The highest BCUT2D eigenvalue weighted by Gasteiger charge is 2.01. The van der Waals surface area contributed by atoms with E-state index >= 15 is 0 Å². The van der Waals surface area contributed by atoms with Crippen molar-refractivity contribution in [2.75, 3.05) is 0 Å². The molecule has 0 saturated carbocycles. The van der Waals surface area contributed by atoms with E-state index in [1.807, 2.05) is 36.7 Å². The van der Waals surface area contributed by atoms with Crippen LogP contribution in [0.25, 0.3) is 16.6 Å². The zero-order valence-electron chi connectivity index (χ0n) is 8.09. The Labute approximate surface area is 87.8 Å². The van der Waals surface area contributed by atoms with Gasteiger partial charge in [0, 0.05) is 23.8 Å². The Balaban J connectivity index is 2.28. The maximum absolute atomic E-state index is 4.11. The second kappa shape index (κ2) is 3.24. The molecule has 0 N–H and O–H groups in total. The molecule has 2 heteroatoms. The number of fused-ring (bicyclic) bond motifs is 1. The highest BCUT2D eigenvalue weighted by atomic mass is 15.0. The van der Waals surface area contributed by atoms with E-state index in [4.69, 9.17) is 0 Å². The molecule has 2 nitrogen and oxygen atoms in total. The van der Waals surface area contributed by atoms with E-state index in [0.29, 0.717) is 0 Å². The summed E-state index contributed by atoms with van der Waals surface area (Å²) in [6, 6.07) is 15.4. The van der Waals surface area contributed by atoms with Gasteiger partial charge in [-0.1, -0.05) is 18.2 Å². The second-order valence-electron chi connectivity index (χ2n) is 3.37. The van der Waals surface area contributed by atoms with Crippen LogP contribution >= 0.6 is 0 Å². The van der Waals surface area contributed by atoms with Crippen LogP contribution in [0.3, 0.4) is 0 Å². The van der Waals surface area contributed by atoms with Crippen molar-refractivity contribution in [3.8, 4) is 5.69 Å². The van der Waals surface area contributed by atoms with E-state index in [2.05, 4.69) is 27.8 Å². The quantitative estimate of drug-likeness (QED) is 0.581. The smallest absolute Gasteiger partial charge is 0.0639 e. The molecule has 0 saturated heterocycles. The molecule has 1 radical (unpaired) electrons. The van der Waals surface area contributed by atoms with Gasteiger partial charge < -0.3 is 4.57 Å². The standard InChI is InChI=1S/C13H9N2/c1-2-6-13-11(4-1)7-9-15(13)12-5-3-8-14-10-12/h1-6,8-10H. The molecule has 3 aromatic rings. The number of aromatic nitrogens is 2. The van der Waals surface area contributed by atoms with E-state index in [1.165, 1.54) is 0 Å². The monoisotopic (exact) mass is 193 g/mol. The molecule has 71 valence electrons. The number of pyridine rings is 1. The van der Waals surface area contributed by atoms with E-state index in [1.54, 1.807) is 6.20 Å². The summed E-state index contributed by atoms with van der Waals surface area (Å²) in [5, 5.41) is 1.13. The van der Waals surface area contributed by atoms with Gasteiger partial charge in [-0.2, -0.15) is 0 Å². The average Bonchev–Trinajstić information content (AvgIpc) is 2.74. The van der Waals surface area contributed by atoms with Gasteiger partial charge in [0.05, 0.1) is 17.4 Å². The Bertz CT molecular complexity index is 582. The first-order valence-corrected chi connectivity index (χ1v) is 4.83. The number of hydrogen-bond acceptors (Lipinski definition) is 1. The molecule has 1 aromatic carbocycles. The van der Waals surface area contributed by atoms with Crippen LogP contribution in [0.1, 0.15) is 0 Å². The number of hydrogen-bond donors (Lipinski definition) is 0. The van der Waals surface area contributed by atoms with Gasteiger partial charge in [0.1, 0.15) is 0 Å². The maximum atomic E-state index is 4.11. The summed E-state index contributed by atoms with van der Waals surface area (Å²) in [4.78, 5) is 4.11. The fourth-order valence-electron chi connectivity index (χ4n) is 1.72. The predicted molar refractivity (Wildman–Crippen MR) is 59.9 cm³/mol. The molecule has 0 bridgehead atoms. The lowest BCUT2D eigenvalue weighted by Crippen LogP contribution is -1.91. The molecular weight excluding hydrogens is 184 g/mol. The van der Waals surface area contributed by atoms with Gasteiger partial charge in [-0.3, -0.25) is 4.98 Å². The van der Waals surface area contributed by atoms with Gasteiger partial charge in [-0.05, 0) is 18.2 Å². The van der Waals surface area contributed by atoms with Crippen LogP contribution in [0.2, 0.25) is 0 Å². The number of para-hydroxylation sites is 1. The molecule has 0 aliphatic rings. The average molecular weight is 193 g/mol. The van der Waals surface area contributed by atoms with Crippen LogP contribution in [-0.2, 0) is 0 Å². The Hall–Kier alpha value is -2.09. The van der Waals surface area contributed by atoms with Gasteiger partial charge in [0.15, 0.2) is 0 Å². The normalized spacial score (nSPS) is 10.7. The molecule has 2 heterocycles. The summed E-state index contributed by atoms with van der Waals surface area (Å²) in [7, 11) is 0. The van der Waals surface area contributed by atoms with Crippen LogP contribution in [0.15, 0.2) is 55.0 Å². The third-order valence-electron chi connectivity index (χ3n) is 2.44. The van der Waals surface area contributed by atoms with Crippen LogP contribution in [0.4, 0.5) is 0 Å². The lowest BCUT2D eigenvalue weighted by atomic mass is 10.2. The first-order chi connectivity index (χ1) is 7.45. The summed E-state index contributed by atoms with van der Waals surface area (Å²) in [6.45, 7) is 0. The third-order valence-corrected chi connectivity index (χ3v) is 2.44. The molecular formula is C13H9N2. The third kappa shape index (κ3) is 1.31. The molecule has 3 rings (SSSR count).